The Morgan fingerprint density at radius 1 is 1.03 bits per heavy atom. The van der Waals surface area contributed by atoms with Crippen LogP contribution in [0.25, 0.3) is 0 Å². The monoisotopic (exact) mass is 444 g/mol. The van der Waals surface area contributed by atoms with Gasteiger partial charge in [-0.15, -0.1) is 0 Å². The van der Waals surface area contributed by atoms with E-state index in [0.29, 0.717) is 31.6 Å². The van der Waals surface area contributed by atoms with Gasteiger partial charge in [0.25, 0.3) is 0 Å². The van der Waals surface area contributed by atoms with Crippen molar-refractivity contribution in [3.05, 3.63) is 54.2 Å². The fraction of sp³-hybridized carbons (Fsp3) is 0.522. The Morgan fingerprint density at radius 2 is 1.81 bits per heavy atom. The predicted molar refractivity (Wildman–Crippen MR) is 122 cm³/mol. The van der Waals surface area contributed by atoms with Crippen molar-refractivity contribution in [2.45, 2.75) is 36.6 Å². The van der Waals surface area contributed by atoms with Gasteiger partial charge in [-0.25, -0.2) is 13.4 Å². The molecule has 2 fully saturated rings. The number of sulfonamides is 1. The topological polar surface area (TPSA) is 85.8 Å². The lowest BCUT2D eigenvalue weighted by molar-refractivity contribution is 0.273. The molecule has 31 heavy (non-hydrogen) atoms. The van der Waals surface area contributed by atoms with E-state index >= 15 is 0 Å². The molecule has 0 radical (unpaired) electrons. The lowest BCUT2D eigenvalue weighted by atomic mass is 9.91. The van der Waals surface area contributed by atoms with Crippen LogP contribution in [-0.2, 0) is 16.4 Å². The second kappa shape index (κ2) is 10.1. The van der Waals surface area contributed by atoms with E-state index in [1.54, 1.807) is 10.4 Å². The Labute approximate surface area is 185 Å². The van der Waals surface area contributed by atoms with Crippen molar-refractivity contribution in [3.8, 4) is 0 Å². The van der Waals surface area contributed by atoms with Gasteiger partial charge in [-0.2, -0.15) is 4.31 Å². The quantitative estimate of drug-likeness (QED) is 0.647. The van der Waals surface area contributed by atoms with Crippen molar-refractivity contribution in [3.63, 3.8) is 0 Å². The highest BCUT2D eigenvalue weighted by molar-refractivity contribution is 7.89. The maximum Gasteiger partial charge on any atom is 0.244 e. The molecule has 2 aliphatic heterocycles. The number of hydrogen-bond donors (Lipinski definition) is 2. The summed E-state index contributed by atoms with van der Waals surface area (Å²) in [4.78, 5) is 6.87. The molecule has 1 unspecified atom stereocenters. The third-order valence-corrected chi connectivity index (χ3v) is 8.24. The summed E-state index contributed by atoms with van der Waals surface area (Å²) in [6.45, 7) is 3.53. The van der Waals surface area contributed by atoms with Gasteiger partial charge < -0.3 is 15.3 Å². The van der Waals surface area contributed by atoms with Crippen LogP contribution in [0.1, 0.15) is 24.8 Å². The number of aromatic nitrogens is 1. The predicted octanol–water partition coefficient (Wildman–Crippen LogP) is 1.89. The summed E-state index contributed by atoms with van der Waals surface area (Å²) < 4.78 is 27.8. The summed E-state index contributed by atoms with van der Waals surface area (Å²) in [5.41, 5.74) is 1.32. The highest BCUT2D eigenvalue weighted by Crippen LogP contribution is 2.27. The van der Waals surface area contributed by atoms with E-state index in [1.165, 1.54) is 11.8 Å². The van der Waals surface area contributed by atoms with Crippen LogP contribution in [0.3, 0.4) is 0 Å². The Kier molecular flexibility index (Phi) is 7.22. The van der Waals surface area contributed by atoms with Crippen LogP contribution in [0.5, 0.6) is 0 Å². The number of anilines is 1. The fourth-order valence-electron chi connectivity index (χ4n) is 4.57. The first kappa shape index (κ1) is 22.2. The Balaban J connectivity index is 1.33. The maximum atomic E-state index is 13.1. The molecule has 2 N–H and O–H groups in total. The number of nitrogens with zero attached hydrogens (tertiary/aromatic N) is 3. The molecule has 2 aliphatic rings. The molecule has 7 nitrogen and oxygen atoms in total. The number of rotatable bonds is 8. The first-order valence-corrected chi connectivity index (χ1v) is 12.6. The van der Waals surface area contributed by atoms with Gasteiger partial charge in [0.05, 0.1) is 6.61 Å². The number of nitrogens with one attached hydrogen (secondary N) is 1. The zero-order valence-electron chi connectivity index (χ0n) is 17.9. The summed E-state index contributed by atoms with van der Waals surface area (Å²) in [6.07, 6.45) is 5.26. The summed E-state index contributed by atoms with van der Waals surface area (Å²) in [6, 6.07) is 14.2. The van der Waals surface area contributed by atoms with E-state index in [2.05, 4.69) is 39.5 Å². The molecule has 168 valence electrons. The van der Waals surface area contributed by atoms with Gasteiger partial charge in [-0.1, -0.05) is 30.3 Å². The van der Waals surface area contributed by atoms with Crippen molar-refractivity contribution >= 4 is 15.8 Å². The molecule has 8 heteroatoms. The largest absolute Gasteiger partial charge is 0.395 e. The number of hydrogen-bond acceptors (Lipinski definition) is 6. The normalized spacial score (nSPS) is 20.9. The third-order valence-electron chi connectivity index (χ3n) is 6.36. The maximum absolute atomic E-state index is 13.1. The van der Waals surface area contributed by atoms with Crippen LogP contribution < -0.4 is 10.2 Å². The van der Waals surface area contributed by atoms with Crippen LogP contribution in [0.4, 0.5) is 5.82 Å². The Hall–Kier alpha value is -2.00. The van der Waals surface area contributed by atoms with Gasteiger partial charge in [-0.3, -0.25) is 0 Å². The van der Waals surface area contributed by atoms with Gasteiger partial charge >= 0.3 is 0 Å². The molecule has 1 aromatic heterocycles. The number of pyridine rings is 1. The molecule has 1 aromatic carbocycles. The van der Waals surface area contributed by atoms with Crippen molar-refractivity contribution in [2.75, 3.05) is 44.2 Å². The molecule has 0 bridgehead atoms. The first-order chi connectivity index (χ1) is 15.1. The summed E-state index contributed by atoms with van der Waals surface area (Å²) in [5.74, 6) is 1.32. The minimum atomic E-state index is -3.51. The Bertz CT molecular complexity index is 929. The van der Waals surface area contributed by atoms with E-state index in [9.17, 15) is 8.42 Å². The first-order valence-electron chi connectivity index (χ1n) is 11.2. The van der Waals surface area contributed by atoms with Gasteiger partial charge in [-0.05, 0) is 49.3 Å². The molecular weight excluding hydrogens is 412 g/mol. The SMILES string of the molecule is O=S(=O)(c1ccc(N2CCC(NCCO)C2)nc1)N1CCC(Cc2ccccc2)CC1. The van der Waals surface area contributed by atoms with Crippen molar-refractivity contribution < 1.29 is 13.5 Å². The zero-order chi connectivity index (χ0) is 21.7. The van der Waals surface area contributed by atoms with Crippen LogP contribution >= 0.6 is 0 Å². The third kappa shape index (κ3) is 5.44. The van der Waals surface area contributed by atoms with E-state index in [4.69, 9.17) is 5.11 Å². The summed E-state index contributed by atoms with van der Waals surface area (Å²) in [5, 5.41) is 12.3. The van der Waals surface area contributed by atoms with Crippen molar-refractivity contribution in [1.29, 1.82) is 0 Å². The molecule has 0 aliphatic carbocycles. The van der Waals surface area contributed by atoms with Gasteiger partial charge in [0.15, 0.2) is 0 Å². The molecule has 1 atom stereocenters. The van der Waals surface area contributed by atoms with E-state index in [0.717, 1.165) is 44.6 Å². The summed E-state index contributed by atoms with van der Waals surface area (Å²) >= 11 is 0. The lowest BCUT2D eigenvalue weighted by Gasteiger charge is -2.31. The van der Waals surface area contributed by atoms with Crippen molar-refractivity contribution in [2.24, 2.45) is 5.92 Å². The number of benzene rings is 1. The second-order valence-electron chi connectivity index (χ2n) is 8.50. The number of aliphatic hydroxyl groups excluding tert-OH is 1. The highest BCUT2D eigenvalue weighted by atomic mass is 32.2. The molecule has 2 saturated heterocycles. The van der Waals surface area contributed by atoms with Gasteiger partial charge in [0, 0.05) is 45.0 Å². The molecule has 3 heterocycles. The molecule has 2 aromatic rings. The smallest absolute Gasteiger partial charge is 0.244 e. The number of aliphatic hydroxyl groups is 1. The molecule has 0 saturated carbocycles. The van der Waals surface area contributed by atoms with Crippen LogP contribution in [0, 0.1) is 5.92 Å². The molecular formula is C23H32N4O3S. The molecule has 0 amide bonds. The van der Waals surface area contributed by atoms with E-state index in [1.807, 2.05) is 12.1 Å². The number of piperidine rings is 1. The van der Waals surface area contributed by atoms with Gasteiger partial charge in [0.1, 0.15) is 10.7 Å². The fourth-order valence-corrected chi connectivity index (χ4v) is 5.98. The molecule has 4 rings (SSSR count). The molecule has 0 spiro atoms. The average Bonchev–Trinajstić information content (AvgIpc) is 3.28. The lowest BCUT2D eigenvalue weighted by Crippen LogP contribution is -2.39. The van der Waals surface area contributed by atoms with Crippen LogP contribution in [-0.4, -0.2) is 68.2 Å². The van der Waals surface area contributed by atoms with Crippen LogP contribution in [0.15, 0.2) is 53.6 Å². The second-order valence-corrected chi connectivity index (χ2v) is 10.4. The zero-order valence-corrected chi connectivity index (χ0v) is 18.7. The minimum absolute atomic E-state index is 0.130. The minimum Gasteiger partial charge on any atom is -0.395 e. The van der Waals surface area contributed by atoms with E-state index in [-0.39, 0.29) is 11.5 Å². The standard InChI is InChI=1S/C23H32N4O3S/c28-15-11-24-21-10-12-26(18-21)23-7-6-22(17-25-23)31(29,30)27-13-8-20(9-14-27)16-19-4-2-1-3-5-19/h1-7,17,20-21,24,28H,8-16,18H2. The van der Waals surface area contributed by atoms with Gasteiger partial charge in [0.2, 0.25) is 10.0 Å². The highest BCUT2D eigenvalue weighted by Gasteiger charge is 2.30. The van der Waals surface area contributed by atoms with E-state index < -0.39 is 10.0 Å². The van der Waals surface area contributed by atoms with Crippen LogP contribution in [0.2, 0.25) is 0 Å². The average molecular weight is 445 g/mol. The Morgan fingerprint density at radius 3 is 2.48 bits per heavy atom. The summed E-state index contributed by atoms with van der Waals surface area (Å²) in [7, 11) is -3.51. The van der Waals surface area contributed by atoms with Crippen molar-refractivity contribution in [1.82, 2.24) is 14.6 Å².